The monoisotopic (exact) mass is 352 g/mol. The van der Waals surface area contributed by atoms with E-state index in [4.69, 9.17) is 11.6 Å². The molecule has 0 radical (unpaired) electrons. The third-order valence-corrected chi connectivity index (χ3v) is 4.91. The molecular formula is C17H18BrClO. The van der Waals surface area contributed by atoms with Crippen molar-refractivity contribution in [1.82, 2.24) is 0 Å². The van der Waals surface area contributed by atoms with Gasteiger partial charge in [0.15, 0.2) is 0 Å². The molecule has 2 rings (SSSR count). The smallest absolute Gasteiger partial charge is 0.106 e. The van der Waals surface area contributed by atoms with Gasteiger partial charge in [-0.1, -0.05) is 33.6 Å². The summed E-state index contributed by atoms with van der Waals surface area (Å²) in [6.45, 7) is 8.26. The minimum Gasteiger partial charge on any atom is -0.384 e. The summed E-state index contributed by atoms with van der Waals surface area (Å²) in [5, 5.41) is 11.4. The summed E-state index contributed by atoms with van der Waals surface area (Å²) in [7, 11) is 0. The second kappa shape index (κ2) is 5.88. The van der Waals surface area contributed by atoms with Crippen molar-refractivity contribution >= 4 is 27.5 Å². The highest BCUT2D eigenvalue weighted by Gasteiger charge is 2.20. The number of aliphatic hydroxyl groups is 1. The van der Waals surface area contributed by atoms with Crippen LogP contribution in [0.5, 0.6) is 0 Å². The van der Waals surface area contributed by atoms with E-state index in [1.807, 2.05) is 18.2 Å². The Morgan fingerprint density at radius 2 is 1.55 bits per heavy atom. The summed E-state index contributed by atoms with van der Waals surface area (Å²) in [5.41, 5.74) is 6.43. The quantitative estimate of drug-likeness (QED) is 0.764. The second-order valence-corrected chi connectivity index (χ2v) is 6.53. The minimum atomic E-state index is -0.679. The molecule has 2 aromatic rings. The van der Waals surface area contributed by atoms with Crippen molar-refractivity contribution < 1.29 is 5.11 Å². The number of aryl methyl sites for hydroxylation is 2. The Morgan fingerprint density at radius 3 is 2.10 bits per heavy atom. The molecule has 20 heavy (non-hydrogen) atoms. The van der Waals surface area contributed by atoms with Crippen molar-refractivity contribution in [2.75, 3.05) is 0 Å². The van der Waals surface area contributed by atoms with Gasteiger partial charge in [-0.15, -0.1) is 0 Å². The predicted octanol–water partition coefficient (Wildman–Crippen LogP) is 5.42. The summed E-state index contributed by atoms with van der Waals surface area (Å²) in [5.74, 6) is 0. The Morgan fingerprint density at radius 1 is 1.00 bits per heavy atom. The lowest BCUT2D eigenvalue weighted by molar-refractivity contribution is 0.218. The van der Waals surface area contributed by atoms with Crippen molar-refractivity contribution in [2.24, 2.45) is 0 Å². The molecule has 2 aromatic carbocycles. The van der Waals surface area contributed by atoms with Crippen LogP contribution >= 0.6 is 27.5 Å². The summed E-state index contributed by atoms with van der Waals surface area (Å²) in [4.78, 5) is 0. The molecule has 1 nitrogen and oxygen atoms in total. The van der Waals surface area contributed by atoms with E-state index in [9.17, 15) is 5.11 Å². The van der Waals surface area contributed by atoms with Gasteiger partial charge in [-0.3, -0.25) is 0 Å². The van der Waals surface area contributed by atoms with Gasteiger partial charge in [0.25, 0.3) is 0 Å². The molecule has 1 unspecified atom stereocenters. The predicted molar refractivity (Wildman–Crippen MR) is 88.6 cm³/mol. The number of aliphatic hydroxyl groups excluding tert-OH is 1. The lowest BCUT2D eigenvalue weighted by Crippen LogP contribution is -2.08. The molecule has 106 valence electrons. The van der Waals surface area contributed by atoms with E-state index in [0.717, 1.165) is 26.7 Å². The third-order valence-electron chi connectivity index (χ3n) is 3.95. The molecule has 0 saturated heterocycles. The van der Waals surface area contributed by atoms with Crippen molar-refractivity contribution in [3.63, 3.8) is 0 Å². The van der Waals surface area contributed by atoms with Crippen LogP contribution in [0.25, 0.3) is 0 Å². The number of rotatable bonds is 2. The zero-order valence-corrected chi connectivity index (χ0v) is 14.4. The van der Waals surface area contributed by atoms with E-state index >= 15 is 0 Å². The van der Waals surface area contributed by atoms with Crippen molar-refractivity contribution in [3.8, 4) is 0 Å². The Kier molecular flexibility index (Phi) is 4.58. The standard InChI is InChI=1S/C17H18BrClO/c1-9-7-10(2)12(4)16(11(9)3)17(20)14-8-13(19)5-6-15(14)18/h5-8,17,20H,1-4H3. The van der Waals surface area contributed by atoms with Crippen molar-refractivity contribution in [3.05, 3.63) is 67.1 Å². The number of benzene rings is 2. The minimum absolute atomic E-state index is 0.627. The normalized spacial score (nSPS) is 12.6. The molecule has 0 bridgehead atoms. The van der Waals surface area contributed by atoms with E-state index < -0.39 is 6.10 Å². The zero-order chi connectivity index (χ0) is 15.0. The van der Waals surface area contributed by atoms with Gasteiger partial charge in [0.05, 0.1) is 0 Å². The Labute approximate surface area is 133 Å². The first-order valence-electron chi connectivity index (χ1n) is 6.53. The Hall–Kier alpha value is -0.830. The van der Waals surface area contributed by atoms with Crippen molar-refractivity contribution in [1.29, 1.82) is 0 Å². The second-order valence-electron chi connectivity index (χ2n) is 5.24. The Balaban J connectivity index is 2.65. The first kappa shape index (κ1) is 15.6. The molecule has 0 fully saturated rings. The summed E-state index contributed by atoms with van der Waals surface area (Å²) in [6.07, 6.45) is -0.679. The van der Waals surface area contributed by atoms with Crippen molar-refractivity contribution in [2.45, 2.75) is 33.8 Å². The van der Waals surface area contributed by atoms with Gasteiger partial charge in [0.1, 0.15) is 6.10 Å². The van der Waals surface area contributed by atoms with Gasteiger partial charge >= 0.3 is 0 Å². The zero-order valence-electron chi connectivity index (χ0n) is 12.1. The Bertz CT molecular complexity index is 638. The number of hydrogen-bond donors (Lipinski definition) is 1. The van der Waals surface area contributed by atoms with Gasteiger partial charge in [-0.2, -0.15) is 0 Å². The van der Waals surface area contributed by atoms with Crippen LogP contribution in [0.15, 0.2) is 28.7 Å². The van der Waals surface area contributed by atoms with Gasteiger partial charge in [0.2, 0.25) is 0 Å². The van der Waals surface area contributed by atoms with E-state index in [0.29, 0.717) is 5.02 Å². The summed E-state index contributed by atoms with van der Waals surface area (Å²) >= 11 is 9.55. The van der Waals surface area contributed by atoms with Crippen LogP contribution in [0, 0.1) is 27.7 Å². The molecule has 0 aliphatic heterocycles. The highest BCUT2D eigenvalue weighted by atomic mass is 79.9. The topological polar surface area (TPSA) is 20.2 Å². The summed E-state index contributed by atoms with van der Waals surface area (Å²) in [6, 6.07) is 7.65. The van der Waals surface area contributed by atoms with Gasteiger partial charge in [0, 0.05) is 15.1 Å². The molecule has 3 heteroatoms. The van der Waals surface area contributed by atoms with Gasteiger partial charge < -0.3 is 5.11 Å². The van der Waals surface area contributed by atoms with Crippen LogP contribution in [-0.4, -0.2) is 5.11 Å². The van der Waals surface area contributed by atoms with Crippen LogP contribution in [0.1, 0.15) is 39.5 Å². The molecule has 0 aliphatic carbocycles. The molecular weight excluding hydrogens is 336 g/mol. The van der Waals surface area contributed by atoms with Crippen LogP contribution in [0.2, 0.25) is 5.02 Å². The van der Waals surface area contributed by atoms with Gasteiger partial charge in [-0.05, 0) is 73.7 Å². The average Bonchev–Trinajstić information content (AvgIpc) is 2.39. The van der Waals surface area contributed by atoms with Crippen LogP contribution in [0.4, 0.5) is 0 Å². The number of hydrogen-bond acceptors (Lipinski definition) is 1. The maximum Gasteiger partial charge on any atom is 0.106 e. The molecule has 0 heterocycles. The molecule has 1 atom stereocenters. The first-order chi connectivity index (χ1) is 9.32. The van der Waals surface area contributed by atoms with Crippen LogP contribution in [-0.2, 0) is 0 Å². The molecule has 0 aliphatic rings. The highest BCUT2D eigenvalue weighted by molar-refractivity contribution is 9.10. The molecule has 0 aromatic heterocycles. The fourth-order valence-corrected chi connectivity index (χ4v) is 3.18. The fraction of sp³-hybridized carbons (Fsp3) is 0.294. The molecule has 0 amide bonds. The lowest BCUT2D eigenvalue weighted by Gasteiger charge is -2.21. The highest BCUT2D eigenvalue weighted by Crippen LogP contribution is 2.35. The maximum atomic E-state index is 10.8. The number of halogens is 2. The molecule has 0 spiro atoms. The lowest BCUT2D eigenvalue weighted by atomic mass is 9.88. The largest absolute Gasteiger partial charge is 0.384 e. The van der Waals surface area contributed by atoms with Crippen LogP contribution in [0.3, 0.4) is 0 Å². The SMILES string of the molecule is Cc1cc(C)c(C)c(C(O)c2cc(Cl)ccc2Br)c1C. The first-order valence-corrected chi connectivity index (χ1v) is 7.70. The average molecular weight is 354 g/mol. The van der Waals surface area contributed by atoms with Gasteiger partial charge in [-0.25, -0.2) is 0 Å². The van der Waals surface area contributed by atoms with E-state index in [2.05, 4.69) is 49.7 Å². The maximum absolute atomic E-state index is 10.8. The van der Waals surface area contributed by atoms with Crippen LogP contribution < -0.4 is 0 Å². The van der Waals surface area contributed by atoms with E-state index in [1.54, 1.807) is 0 Å². The third kappa shape index (κ3) is 2.78. The van der Waals surface area contributed by atoms with E-state index in [-0.39, 0.29) is 0 Å². The molecule has 1 N–H and O–H groups in total. The molecule has 0 saturated carbocycles. The fourth-order valence-electron chi connectivity index (χ4n) is 2.54. The summed E-state index contributed by atoms with van der Waals surface area (Å²) < 4.78 is 0.868. The van der Waals surface area contributed by atoms with E-state index in [1.165, 1.54) is 11.1 Å².